The van der Waals surface area contributed by atoms with E-state index in [1.165, 1.54) is 0 Å². The number of benzene rings is 1. The Bertz CT molecular complexity index is 1800. The number of Topliss-reactive ketones (excluding diaryl/α,β-unsaturated/α-hetero) is 2. The van der Waals surface area contributed by atoms with E-state index in [-0.39, 0.29) is 52.3 Å². The summed E-state index contributed by atoms with van der Waals surface area (Å²) in [5.74, 6) is -2.65. The van der Waals surface area contributed by atoms with Gasteiger partial charge in [-0.1, -0.05) is 40.2 Å². The second kappa shape index (κ2) is 13.4. The van der Waals surface area contributed by atoms with Crippen molar-refractivity contribution in [2.75, 3.05) is 20.2 Å². The van der Waals surface area contributed by atoms with E-state index < -0.39 is 60.2 Å². The number of carbonyl (C=O) groups is 3. The number of rotatable bonds is 8. The van der Waals surface area contributed by atoms with Crippen molar-refractivity contribution < 1.29 is 42.6 Å². The van der Waals surface area contributed by atoms with E-state index in [9.17, 15) is 9.90 Å². The van der Waals surface area contributed by atoms with Gasteiger partial charge in [-0.25, -0.2) is 4.79 Å². The Morgan fingerprint density at radius 1 is 1.13 bits per heavy atom. The number of aromatic nitrogens is 1. The molecule has 2 aromatic rings. The fourth-order valence-corrected chi connectivity index (χ4v) is 9.47. The number of fused-ring (bicyclic) bond motifs is 4. The molecule has 2 heterocycles. The lowest BCUT2D eigenvalue weighted by atomic mass is 9.57. The Morgan fingerprint density at radius 3 is 2.46 bits per heavy atom. The summed E-state index contributed by atoms with van der Waals surface area (Å²) < 4.78 is 30.1. The molecule has 1 aromatic heterocycles. The van der Waals surface area contributed by atoms with Gasteiger partial charge in [0.2, 0.25) is 11.6 Å². The van der Waals surface area contributed by atoms with Crippen molar-refractivity contribution in [2.24, 2.45) is 17.6 Å². The summed E-state index contributed by atoms with van der Waals surface area (Å²) in [6.45, 7) is 18.5. The number of unbranched alkanes of at least 4 members (excludes halogenated alkanes) is 1. The summed E-state index contributed by atoms with van der Waals surface area (Å²) in [5.41, 5.74) is 6.09. The molecule has 5 atom stereocenters. The molecule has 1 saturated carbocycles. The van der Waals surface area contributed by atoms with Gasteiger partial charge in [-0.2, -0.15) is 0 Å². The fraction of sp³-hybridized carbons (Fsp3) is 0.641. The predicted octanol–water partition coefficient (Wildman–Crippen LogP) is 7.62. The molecule has 1 unspecified atom stereocenters. The van der Waals surface area contributed by atoms with E-state index in [1.54, 1.807) is 26.8 Å². The first-order chi connectivity index (χ1) is 24.2. The summed E-state index contributed by atoms with van der Waals surface area (Å²) in [7, 11) is -0.834. The number of ketones is 2. The van der Waals surface area contributed by atoms with Gasteiger partial charge in [0.15, 0.2) is 19.7 Å². The van der Waals surface area contributed by atoms with Crippen LogP contribution in [0.15, 0.2) is 22.2 Å². The SMILES string of the molecule is CCCCOc1noc2c1C(=O)[C@@]1(O[Si](C)(C)C(C)(C)C)C(=O)C3=C(O)c4c(cc(C5CCCN5C)cc4OC(=O)OC(C)(C)C)C[C@H]3C[C@H]1[C@@H]2N. The summed E-state index contributed by atoms with van der Waals surface area (Å²) in [6.07, 6.45) is 3.21. The van der Waals surface area contributed by atoms with Gasteiger partial charge in [0.1, 0.15) is 22.7 Å². The Morgan fingerprint density at radius 2 is 1.85 bits per heavy atom. The van der Waals surface area contributed by atoms with Crippen molar-refractivity contribution in [3.05, 3.63) is 45.7 Å². The molecule has 1 saturated heterocycles. The normalized spacial score (nSPS) is 26.4. The first-order valence-electron chi connectivity index (χ1n) is 18.6. The number of aliphatic hydroxyl groups is 1. The van der Waals surface area contributed by atoms with Crippen LogP contribution in [0, 0.1) is 11.8 Å². The minimum atomic E-state index is -2.89. The van der Waals surface area contributed by atoms with Gasteiger partial charge in [0, 0.05) is 17.5 Å². The van der Waals surface area contributed by atoms with E-state index >= 15 is 9.59 Å². The minimum Gasteiger partial charge on any atom is -0.507 e. The maximum absolute atomic E-state index is 15.4. The van der Waals surface area contributed by atoms with Crippen LogP contribution in [0.25, 0.3) is 5.76 Å². The van der Waals surface area contributed by atoms with Gasteiger partial charge >= 0.3 is 6.16 Å². The number of likely N-dealkylation sites (tertiary alicyclic amines) is 1. The maximum atomic E-state index is 15.4. The van der Waals surface area contributed by atoms with E-state index in [4.69, 9.17) is 28.9 Å². The highest BCUT2D eigenvalue weighted by Crippen LogP contribution is 2.58. The van der Waals surface area contributed by atoms with Crippen molar-refractivity contribution in [2.45, 2.75) is 128 Å². The third-order valence-electron chi connectivity index (χ3n) is 11.7. The number of nitrogens with two attached hydrogens (primary N) is 1. The Balaban J connectivity index is 1.54. The van der Waals surface area contributed by atoms with Crippen LogP contribution in [-0.4, -0.2) is 72.6 Å². The van der Waals surface area contributed by atoms with Crippen LogP contribution in [0.2, 0.25) is 18.1 Å². The molecule has 0 amide bonds. The molecule has 3 N–H and O–H groups in total. The molecular formula is C39H55N3O9Si. The topological polar surface area (TPSA) is 164 Å². The molecule has 1 aliphatic heterocycles. The van der Waals surface area contributed by atoms with Crippen LogP contribution in [0.4, 0.5) is 4.79 Å². The first-order valence-corrected chi connectivity index (χ1v) is 21.5. The molecule has 0 bridgehead atoms. The average Bonchev–Trinajstić information content (AvgIpc) is 3.65. The molecule has 4 aliphatic rings. The molecule has 52 heavy (non-hydrogen) atoms. The second-order valence-electron chi connectivity index (χ2n) is 17.5. The van der Waals surface area contributed by atoms with Crippen molar-refractivity contribution in [3.63, 3.8) is 0 Å². The molecule has 0 radical (unpaired) electrons. The number of ether oxygens (including phenoxy) is 3. The van der Waals surface area contributed by atoms with Crippen molar-refractivity contribution in [3.8, 4) is 11.6 Å². The van der Waals surface area contributed by atoms with Crippen molar-refractivity contribution >= 4 is 31.8 Å². The number of hydrogen-bond donors (Lipinski definition) is 2. The molecule has 2 fully saturated rings. The Kier molecular flexibility index (Phi) is 9.85. The lowest BCUT2D eigenvalue weighted by Crippen LogP contribution is -2.68. The molecule has 13 heteroatoms. The monoisotopic (exact) mass is 737 g/mol. The van der Waals surface area contributed by atoms with E-state index in [0.29, 0.717) is 13.0 Å². The van der Waals surface area contributed by atoms with Gasteiger partial charge < -0.3 is 34.0 Å². The smallest absolute Gasteiger partial charge is 0.507 e. The fourth-order valence-electron chi connectivity index (χ4n) is 8.02. The van der Waals surface area contributed by atoms with E-state index in [2.05, 4.69) is 17.1 Å². The van der Waals surface area contributed by atoms with Crippen molar-refractivity contribution in [1.82, 2.24) is 10.1 Å². The lowest BCUT2D eigenvalue weighted by Gasteiger charge is -2.53. The standard InChI is InChI=1S/C39H55N3O9Si/c1-11-12-16-47-35-29-32(50-41-35)30(40)24-19-23-18-22-17-21(25-14-13-15-42(25)8)20-26(48-36(46)49-37(2,3)4)27(22)31(43)28(23)33(44)39(24,34(29)45)51-52(9,10)38(5,6)7/h17,20,23-25,30,43H,11-16,18-19,40H2,1-10H3/t23-,24-,25?,30-,39-/m0/s1. The first kappa shape index (κ1) is 38.2. The summed E-state index contributed by atoms with van der Waals surface area (Å²) in [5, 5.41) is 16.0. The molecule has 1 aromatic carbocycles. The molecule has 0 spiro atoms. The van der Waals surface area contributed by atoms with Crippen LogP contribution in [0.3, 0.4) is 0 Å². The van der Waals surface area contributed by atoms with Crippen molar-refractivity contribution in [1.29, 1.82) is 0 Å². The van der Waals surface area contributed by atoms with Crippen LogP contribution in [0.1, 0.15) is 125 Å². The maximum Gasteiger partial charge on any atom is 0.514 e. The van der Waals surface area contributed by atoms with E-state index in [1.807, 2.05) is 46.9 Å². The molecule has 6 rings (SSSR count). The number of hydrogen-bond acceptors (Lipinski definition) is 12. The summed E-state index contributed by atoms with van der Waals surface area (Å²) in [6, 6.07) is 2.97. The Hall–Kier alpha value is -3.52. The van der Waals surface area contributed by atoms with Gasteiger partial charge in [0.25, 0.3) is 5.88 Å². The quantitative estimate of drug-likeness (QED) is 0.0897. The zero-order valence-electron chi connectivity index (χ0n) is 32.3. The van der Waals surface area contributed by atoms with Crippen LogP contribution < -0.4 is 15.2 Å². The highest BCUT2D eigenvalue weighted by Gasteiger charge is 2.68. The zero-order chi connectivity index (χ0) is 38.1. The van der Waals surface area contributed by atoms with Gasteiger partial charge in [-0.15, -0.1) is 0 Å². The minimum absolute atomic E-state index is 0.0138. The molecule has 12 nitrogen and oxygen atoms in total. The summed E-state index contributed by atoms with van der Waals surface area (Å²) in [4.78, 5) is 45.9. The van der Waals surface area contributed by atoms with Gasteiger partial charge in [0.05, 0.1) is 18.2 Å². The molecular weight excluding hydrogens is 683 g/mol. The van der Waals surface area contributed by atoms with Crippen LogP contribution in [0.5, 0.6) is 11.6 Å². The second-order valence-corrected chi connectivity index (χ2v) is 22.2. The zero-order valence-corrected chi connectivity index (χ0v) is 33.3. The lowest BCUT2D eigenvalue weighted by molar-refractivity contribution is -0.138. The number of nitrogens with zero attached hydrogens (tertiary/aromatic N) is 2. The Labute approximate surface area is 307 Å². The average molecular weight is 738 g/mol. The number of aliphatic hydroxyl groups excluding tert-OH is 1. The van der Waals surface area contributed by atoms with Crippen LogP contribution >= 0.6 is 0 Å². The van der Waals surface area contributed by atoms with Gasteiger partial charge in [-0.05, 0) is 113 Å². The molecule has 284 valence electrons. The van der Waals surface area contributed by atoms with E-state index in [0.717, 1.165) is 43.4 Å². The highest BCUT2D eigenvalue weighted by atomic mass is 28.4. The molecule has 3 aliphatic carbocycles. The third-order valence-corrected chi connectivity index (χ3v) is 16.1. The van der Waals surface area contributed by atoms with Crippen LogP contribution in [-0.2, 0) is 20.4 Å². The summed E-state index contributed by atoms with van der Waals surface area (Å²) >= 11 is 0. The number of carbonyl (C=O) groups excluding carboxylic acids is 3. The largest absolute Gasteiger partial charge is 0.514 e. The van der Waals surface area contributed by atoms with Gasteiger partial charge in [-0.3, -0.25) is 14.5 Å². The third kappa shape index (κ3) is 6.41. The predicted molar refractivity (Wildman–Crippen MR) is 197 cm³/mol. The highest BCUT2D eigenvalue weighted by molar-refractivity contribution is 6.74.